The first-order chi connectivity index (χ1) is 7.74. The summed E-state index contributed by atoms with van der Waals surface area (Å²) in [6.07, 6.45) is 0.779. The third kappa shape index (κ3) is 5.26. The lowest BCUT2D eigenvalue weighted by atomic mass is 9.82. The van der Waals surface area contributed by atoms with E-state index in [9.17, 15) is 8.42 Å². The second kappa shape index (κ2) is 6.02. The van der Waals surface area contributed by atoms with Crippen LogP contribution >= 0.6 is 15.9 Å². The molecule has 0 aromatic carbocycles. The lowest BCUT2D eigenvalue weighted by molar-refractivity contribution is 0.173. The van der Waals surface area contributed by atoms with Crippen molar-refractivity contribution in [3.8, 4) is 0 Å². The number of rotatable bonds is 3. The van der Waals surface area contributed by atoms with Gasteiger partial charge in [-0.1, -0.05) is 36.7 Å². The van der Waals surface area contributed by atoms with Crippen LogP contribution in [0, 0.1) is 11.3 Å². The van der Waals surface area contributed by atoms with Crippen LogP contribution in [0.5, 0.6) is 0 Å². The van der Waals surface area contributed by atoms with Crippen molar-refractivity contribution in [2.45, 2.75) is 27.2 Å². The summed E-state index contributed by atoms with van der Waals surface area (Å²) in [4.78, 5) is 2.31. The van der Waals surface area contributed by atoms with Gasteiger partial charge >= 0.3 is 0 Å². The van der Waals surface area contributed by atoms with E-state index < -0.39 is 9.84 Å². The highest BCUT2D eigenvalue weighted by Crippen LogP contribution is 2.28. The van der Waals surface area contributed by atoms with Crippen LogP contribution in [0.4, 0.5) is 0 Å². The van der Waals surface area contributed by atoms with Crippen molar-refractivity contribution < 1.29 is 8.42 Å². The zero-order valence-electron chi connectivity index (χ0n) is 11.1. The summed E-state index contributed by atoms with van der Waals surface area (Å²) in [5.41, 5.74) is 0.259. The van der Waals surface area contributed by atoms with Crippen LogP contribution in [0.1, 0.15) is 27.2 Å². The van der Waals surface area contributed by atoms with Crippen LogP contribution in [0.15, 0.2) is 0 Å². The van der Waals surface area contributed by atoms with Gasteiger partial charge in [-0.05, 0) is 24.3 Å². The molecule has 1 heterocycles. The molecule has 0 spiro atoms. The van der Waals surface area contributed by atoms with E-state index in [4.69, 9.17) is 0 Å². The molecule has 1 fully saturated rings. The summed E-state index contributed by atoms with van der Waals surface area (Å²) >= 11 is 3.58. The molecule has 3 nitrogen and oxygen atoms in total. The molecule has 0 N–H and O–H groups in total. The van der Waals surface area contributed by atoms with Crippen LogP contribution in [0.3, 0.4) is 0 Å². The topological polar surface area (TPSA) is 37.4 Å². The van der Waals surface area contributed by atoms with Gasteiger partial charge in [0, 0.05) is 18.4 Å². The number of halogens is 1. The molecule has 0 aromatic rings. The molecular weight excluding hydrogens is 302 g/mol. The molecule has 1 aliphatic heterocycles. The fourth-order valence-corrected chi connectivity index (χ4v) is 4.52. The van der Waals surface area contributed by atoms with Crippen molar-refractivity contribution in [1.29, 1.82) is 0 Å². The molecule has 0 aromatic heterocycles. The van der Waals surface area contributed by atoms with Crippen molar-refractivity contribution in [3.63, 3.8) is 0 Å². The van der Waals surface area contributed by atoms with E-state index >= 15 is 0 Å². The Kier molecular flexibility index (Phi) is 5.47. The van der Waals surface area contributed by atoms with Gasteiger partial charge in [-0.2, -0.15) is 0 Å². The molecule has 0 saturated carbocycles. The van der Waals surface area contributed by atoms with Crippen molar-refractivity contribution in [3.05, 3.63) is 0 Å². The lowest BCUT2D eigenvalue weighted by Gasteiger charge is -2.33. The normalized spacial score (nSPS) is 24.2. The van der Waals surface area contributed by atoms with Crippen molar-refractivity contribution in [2.24, 2.45) is 11.3 Å². The van der Waals surface area contributed by atoms with Crippen LogP contribution in [-0.4, -0.2) is 49.8 Å². The minimum absolute atomic E-state index is 0.259. The van der Waals surface area contributed by atoms with Gasteiger partial charge in [0.05, 0.1) is 11.5 Å². The van der Waals surface area contributed by atoms with Gasteiger partial charge in [-0.15, -0.1) is 0 Å². The standard InChI is InChI=1S/C12H24BrNO2S/c1-12(2,3)11(9-13)10-14-5-4-7-17(15,16)8-6-14/h11H,4-10H2,1-3H3. The SMILES string of the molecule is CC(C)(C)C(CBr)CN1CCCS(=O)(=O)CC1. The molecule has 1 atom stereocenters. The first-order valence-corrected chi connectivity index (χ1v) is 9.17. The minimum atomic E-state index is -2.78. The molecule has 5 heteroatoms. The average Bonchev–Trinajstić information content (AvgIpc) is 2.34. The zero-order valence-corrected chi connectivity index (χ0v) is 13.5. The Bertz CT molecular complexity index is 335. The third-order valence-electron chi connectivity index (χ3n) is 3.54. The summed E-state index contributed by atoms with van der Waals surface area (Å²) in [6, 6.07) is 0. The number of hydrogen-bond acceptors (Lipinski definition) is 3. The van der Waals surface area contributed by atoms with Crippen LogP contribution in [-0.2, 0) is 9.84 Å². The van der Waals surface area contributed by atoms with Crippen molar-refractivity contribution >= 4 is 25.8 Å². The van der Waals surface area contributed by atoms with E-state index in [0.29, 0.717) is 24.0 Å². The highest BCUT2D eigenvalue weighted by atomic mass is 79.9. The molecule has 1 rings (SSSR count). The second-order valence-electron chi connectivity index (χ2n) is 6.02. The van der Waals surface area contributed by atoms with Gasteiger partial charge in [0.25, 0.3) is 0 Å². The number of hydrogen-bond donors (Lipinski definition) is 0. The minimum Gasteiger partial charge on any atom is -0.302 e. The second-order valence-corrected chi connectivity index (χ2v) is 8.97. The first-order valence-electron chi connectivity index (χ1n) is 6.23. The molecule has 0 aliphatic carbocycles. The Morgan fingerprint density at radius 1 is 1.24 bits per heavy atom. The van der Waals surface area contributed by atoms with E-state index in [0.717, 1.165) is 24.8 Å². The maximum Gasteiger partial charge on any atom is 0.151 e. The first kappa shape index (κ1) is 15.4. The van der Waals surface area contributed by atoms with Crippen molar-refractivity contribution in [2.75, 3.05) is 36.5 Å². The predicted molar refractivity (Wildman–Crippen MR) is 76.4 cm³/mol. The Morgan fingerprint density at radius 3 is 2.41 bits per heavy atom. The quantitative estimate of drug-likeness (QED) is 0.746. The summed E-state index contributed by atoms with van der Waals surface area (Å²) in [5.74, 6) is 1.24. The van der Waals surface area contributed by atoms with Gasteiger partial charge in [0.15, 0.2) is 9.84 Å². The van der Waals surface area contributed by atoms with Gasteiger partial charge in [-0.3, -0.25) is 0 Å². The summed E-state index contributed by atoms with van der Waals surface area (Å²) < 4.78 is 23.1. The van der Waals surface area contributed by atoms with Gasteiger partial charge in [0.2, 0.25) is 0 Å². The van der Waals surface area contributed by atoms with Crippen LogP contribution in [0.25, 0.3) is 0 Å². The predicted octanol–water partition coefficient (Wildman–Crippen LogP) is 2.16. The smallest absolute Gasteiger partial charge is 0.151 e. The molecule has 0 bridgehead atoms. The fraction of sp³-hybridized carbons (Fsp3) is 1.00. The summed E-state index contributed by atoms with van der Waals surface area (Å²) in [7, 11) is -2.78. The van der Waals surface area contributed by atoms with Crippen LogP contribution in [0.2, 0.25) is 0 Å². The fourth-order valence-electron chi connectivity index (χ4n) is 2.04. The van der Waals surface area contributed by atoms with E-state index in [-0.39, 0.29) is 5.41 Å². The average molecular weight is 326 g/mol. The maximum absolute atomic E-state index is 11.5. The third-order valence-corrected chi connectivity index (χ3v) is 6.03. The summed E-state index contributed by atoms with van der Waals surface area (Å²) in [5, 5.41) is 0.972. The maximum atomic E-state index is 11.5. The Morgan fingerprint density at radius 2 is 1.88 bits per heavy atom. The molecule has 17 heavy (non-hydrogen) atoms. The van der Waals surface area contributed by atoms with E-state index in [1.54, 1.807) is 0 Å². The number of nitrogens with zero attached hydrogens (tertiary/aromatic N) is 1. The zero-order chi connectivity index (χ0) is 13.1. The highest BCUT2D eigenvalue weighted by molar-refractivity contribution is 9.09. The molecule has 1 aliphatic rings. The Balaban J connectivity index is 2.57. The van der Waals surface area contributed by atoms with Gasteiger partial charge in [-0.25, -0.2) is 8.42 Å². The molecule has 0 amide bonds. The largest absolute Gasteiger partial charge is 0.302 e. The lowest BCUT2D eigenvalue weighted by Crippen LogP contribution is -2.38. The van der Waals surface area contributed by atoms with E-state index in [1.165, 1.54) is 0 Å². The monoisotopic (exact) mass is 325 g/mol. The highest BCUT2D eigenvalue weighted by Gasteiger charge is 2.27. The van der Waals surface area contributed by atoms with Gasteiger partial charge < -0.3 is 4.90 Å². The van der Waals surface area contributed by atoms with Gasteiger partial charge in [0.1, 0.15) is 0 Å². The molecule has 1 saturated heterocycles. The molecule has 0 radical (unpaired) electrons. The van der Waals surface area contributed by atoms with E-state index in [1.807, 2.05) is 0 Å². The Labute approximate surface area is 114 Å². The molecule has 1 unspecified atom stereocenters. The van der Waals surface area contributed by atoms with E-state index in [2.05, 4.69) is 41.6 Å². The Hall–Kier alpha value is 0.390. The molecule has 102 valence electrons. The number of sulfone groups is 1. The summed E-state index contributed by atoms with van der Waals surface area (Å²) in [6.45, 7) is 9.33. The van der Waals surface area contributed by atoms with Crippen LogP contribution < -0.4 is 0 Å². The van der Waals surface area contributed by atoms with Crippen molar-refractivity contribution in [1.82, 2.24) is 4.90 Å². The molecular formula is C12H24BrNO2S. The number of alkyl halides is 1.